The zero-order chi connectivity index (χ0) is 16.1. The van der Waals surface area contributed by atoms with Crippen molar-refractivity contribution in [1.29, 1.82) is 0 Å². The average Bonchev–Trinajstić information content (AvgIpc) is 2.49. The number of amides is 1. The SMILES string of the molecule is Cc1ccc(F)cc1NC(=O)COC(=O)c1cccnc1Cl. The number of aryl methyl sites for hydroxylation is 1. The van der Waals surface area contributed by atoms with E-state index in [1.807, 2.05) is 0 Å². The molecule has 0 saturated heterocycles. The Kier molecular flexibility index (Phi) is 5.06. The predicted octanol–water partition coefficient (Wildman–Crippen LogP) is 2.98. The molecule has 5 nitrogen and oxygen atoms in total. The third-order valence-corrected chi connectivity index (χ3v) is 3.09. The van der Waals surface area contributed by atoms with Gasteiger partial charge in [-0.3, -0.25) is 4.79 Å². The lowest BCUT2D eigenvalue weighted by Crippen LogP contribution is -2.21. The topological polar surface area (TPSA) is 68.3 Å². The number of hydrogen-bond donors (Lipinski definition) is 1. The van der Waals surface area contributed by atoms with Crippen molar-refractivity contribution in [1.82, 2.24) is 4.98 Å². The molecule has 0 saturated carbocycles. The number of anilines is 1. The number of ether oxygens (including phenoxy) is 1. The Bertz CT molecular complexity index is 722. The molecule has 1 heterocycles. The van der Waals surface area contributed by atoms with E-state index in [2.05, 4.69) is 10.3 Å². The van der Waals surface area contributed by atoms with Crippen molar-refractivity contribution >= 4 is 29.2 Å². The van der Waals surface area contributed by atoms with Crippen LogP contribution in [0.2, 0.25) is 5.15 Å². The van der Waals surface area contributed by atoms with Crippen molar-refractivity contribution in [2.45, 2.75) is 6.92 Å². The average molecular weight is 323 g/mol. The molecule has 0 aliphatic rings. The van der Waals surface area contributed by atoms with E-state index in [0.717, 1.165) is 0 Å². The van der Waals surface area contributed by atoms with Crippen LogP contribution in [0.25, 0.3) is 0 Å². The van der Waals surface area contributed by atoms with Gasteiger partial charge in [-0.2, -0.15) is 0 Å². The Labute approximate surface area is 131 Å². The summed E-state index contributed by atoms with van der Waals surface area (Å²) in [7, 11) is 0. The van der Waals surface area contributed by atoms with Gasteiger partial charge in [0.05, 0.1) is 5.56 Å². The summed E-state index contributed by atoms with van der Waals surface area (Å²) >= 11 is 5.75. The molecule has 0 aliphatic heterocycles. The second-order valence-electron chi connectivity index (χ2n) is 4.43. The van der Waals surface area contributed by atoms with Crippen LogP contribution in [-0.2, 0) is 9.53 Å². The van der Waals surface area contributed by atoms with Gasteiger partial charge in [-0.15, -0.1) is 0 Å². The predicted molar refractivity (Wildman–Crippen MR) is 79.3 cm³/mol. The maximum atomic E-state index is 13.1. The van der Waals surface area contributed by atoms with E-state index in [0.29, 0.717) is 11.3 Å². The highest BCUT2D eigenvalue weighted by Crippen LogP contribution is 2.16. The summed E-state index contributed by atoms with van der Waals surface area (Å²) in [6.07, 6.45) is 1.43. The molecule has 1 aromatic carbocycles. The third-order valence-electron chi connectivity index (χ3n) is 2.79. The fraction of sp³-hybridized carbons (Fsp3) is 0.133. The molecule has 0 unspecified atom stereocenters. The van der Waals surface area contributed by atoms with E-state index in [9.17, 15) is 14.0 Å². The monoisotopic (exact) mass is 322 g/mol. The number of aromatic nitrogens is 1. The van der Waals surface area contributed by atoms with Gasteiger partial charge in [-0.1, -0.05) is 17.7 Å². The number of benzene rings is 1. The molecule has 7 heteroatoms. The van der Waals surface area contributed by atoms with E-state index in [1.54, 1.807) is 6.92 Å². The minimum absolute atomic E-state index is 0.00566. The first-order valence-corrected chi connectivity index (χ1v) is 6.69. The highest BCUT2D eigenvalue weighted by atomic mass is 35.5. The molecule has 0 atom stereocenters. The summed E-state index contributed by atoms with van der Waals surface area (Å²) < 4.78 is 18.0. The van der Waals surface area contributed by atoms with Gasteiger partial charge in [0.2, 0.25) is 0 Å². The number of halogens is 2. The maximum absolute atomic E-state index is 13.1. The van der Waals surface area contributed by atoms with Crippen LogP contribution in [-0.4, -0.2) is 23.5 Å². The van der Waals surface area contributed by atoms with Gasteiger partial charge in [-0.05, 0) is 36.8 Å². The van der Waals surface area contributed by atoms with Gasteiger partial charge in [0.1, 0.15) is 11.0 Å². The maximum Gasteiger partial charge on any atom is 0.341 e. The fourth-order valence-electron chi connectivity index (χ4n) is 1.66. The molecular formula is C15H12ClFN2O3. The molecule has 0 spiro atoms. The van der Waals surface area contributed by atoms with Crippen LogP contribution in [0.5, 0.6) is 0 Å². The normalized spacial score (nSPS) is 10.1. The second kappa shape index (κ2) is 7.00. The van der Waals surface area contributed by atoms with Crippen molar-refractivity contribution in [2.24, 2.45) is 0 Å². The lowest BCUT2D eigenvalue weighted by Gasteiger charge is -2.09. The van der Waals surface area contributed by atoms with Gasteiger partial charge in [0, 0.05) is 11.9 Å². The highest BCUT2D eigenvalue weighted by Gasteiger charge is 2.14. The number of carbonyl (C=O) groups excluding carboxylic acids is 2. The van der Waals surface area contributed by atoms with Crippen LogP contribution in [0.1, 0.15) is 15.9 Å². The van der Waals surface area contributed by atoms with E-state index in [1.165, 1.54) is 36.5 Å². The van der Waals surface area contributed by atoms with Gasteiger partial charge in [-0.25, -0.2) is 14.2 Å². The summed E-state index contributed by atoms with van der Waals surface area (Å²) in [4.78, 5) is 27.2. The summed E-state index contributed by atoms with van der Waals surface area (Å²) in [5.41, 5.74) is 1.08. The first-order chi connectivity index (χ1) is 10.5. The third kappa shape index (κ3) is 4.02. The molecule has 1 aromatic heterocycles. The van der Waals surface area contributed by atoms with E-state index in [4.69, 9.17) is 16.3 Å². The Morgan fingerprint density at radius 3 is 2.86 bits per heavy atom. The smallest absolute Gasteiger partial charge is 0.341 e. The van der Waals surface area contributed by atoms with E-state index >= 15 is 0 Å². The summed E-state index contributed by atoms with van der Waals surface area (Å²) in [6.45, 7) is 1.20. The molecule has 1 N–H and O–H groups in total. The molecule has 0 aliphatic carbocycles. The second-order valence-corrected chi connectivity index (χ2v) is 4.78. The number of pyridine rings is 1. The molecular weight excluding hydrogens is 311 g/mol. The lowest BCUT2D eigenvalue weighted by atomic mass is 10.2. The molecule has 0 bridgehead atoms. The summed E-state index contributed by atoms with van der Waals surface area (Å²) in [5.74, 6) is -1.81. The van der Waals surface area contributed by atoms with Crippen LogP contribution in [0.3, 0.4) is 0 Å². The van der Waals surface area contributed by atoms with Gasteiger partial charge >= 0.3 is 5.97 Å². The zero-order valence-electron chi connectivity index (χ0n) is 11.6. The Morgan fingerprint density at radius 1 is 1.36 bits per heavy atom. The first kappa shape index (κ1) is 15.9. The molecule has 0 fully saturated rings. The molecule has 22 heavy (non-hydrogen) atoms. The first-order valence-electron chi connectivity index (χ1n) is 6.31. The number of nitrogens with one attached hydrogen (secondary N) is 1. The molecule has 0 radical (unpaired) electrons. The quantitative estimate of drug-likeness (QED) is 0.694. The highest BCUT2D eigenvalue weighted by molar-refractivity contribution is 6.32. The van der Waals surface area contributed by atoms with Gasteiger partial charge < -0.3 is 10.1 Å². The number of carbonyl (C=O) groups is 2. The number of rotatable bonds is 4. The van der Waals surface area contributed by atoms with Crippen LogP contribution in [0.4, 0.5) is 10.1 Å². The Morgan fingerprint density at radius 2 is 2.14 bits per heavy atom. The fourth-order valence-corrected chi connectivity index (χ4v) is 1.86. The summed E-state index contributed by atoms with van der Waals surface area (Å²) in [5, 5.41) is 2.46. The largest absolute Gasteiger partial charge is 0.452 e. The molecule has 2 rings (SSSR count). The van der Waals surface area contributed by atoms with Gasteiger partial charge in [0.15, 0.2) is 6.61 Å². The van der Waals surface area contributed by atoms with Crippen molar-refractivity contribution in [3.8, 4) is 0 Å². The number of hydrogen-bond acceptors (Lipinski definition) is 4. The Hall–Kier alpha value is -2.47. The Balaban J connectivity index is 1.94. The van der Waals surface area contributed by atoms with Crippen LogP contribution < -0.4 is 5.32 Å². The van der Waals surface area contributed by atoms with Crippen molar-refractivity contribution in [3.63, 3.8) is 0 Å². The van der Waals surface area contributed by atoms with Crippen molar-refractivity contribution < 1.29 is 18.7 Å². The van der Waals surface area contributed by atoms with Crippen LogP contribution >= 0.6 is 11.6 Å². The summed E-state index contributed by atoms with van der Waals surface area (Å²) in [6, 6.07) is 6.97. The van der Waals surface area contributed by atoms with Crippen LogP contribution in [0.15, 0.2) is 36.5 Å². The van der Waals surface area contributed by atoms with Crippen molar-refractivity contribution in [2.75, 3.05) is 11.9 Å². The minimum Gasteiger partial charge on any atom is -0.452 e. The lowest BCUT2D eigenvalue weighted by molar-refractivity contribution is -0.119. The van der Waals surface area contributed by atoms with E-state index < -0.39 is 24.3 Å². The van der Waals surface area contributed by atoms with Crippen LogP contribution in [0, 0.1) is 12.7 Å². The molecule has 114 valence electrons. The standard InChI is InChI=1S/C15H12ClFN2O3/c1-9-4-5-10(17)7-12(9)19-13(20)8-22-15(21)11-3-2-6-18-14(11)16/h2-7H,8H2,1H3,(H,19,20). The minimum atomic E-state index is -0.760. The van der Waals surface area contributed by atoms with Gasteiger partial charge in [0.25, 0.3) is 5.91 Å². The number of esters is 1. The van der Waals surface area contributed by atoms with E-state index in [-0.39, 0.29) is 10.7 Å². The van der Waals surface area contributed by atoms with Crippen molar-refractivity contribution in [3.05, 3.63) is 58.6 Å². The molecule has 1 amide bonds. The molecule has 2 aromatic rings. The zero-order valence-corrected chi connectivity index (χ0v) is 12.4. The number of nitrogens with zero attached hydrogens (tertiary/aromatic N) is 1.